The lowest BCUT2D eigenvalue weighted by molar-refractivity contribution is -0.140. The summed E-state index contributed by atoms with van der Waals surface area (Å²) in [5, 5.41) is 0.800. The molecule has 1 heterocycles. The number of carbonyl (C=O) groups excluding carboxylic acids is 1. The fourth-order valence-corrected chi connectivity index (χ4v) is 1.98. The quantitative estimate of drug-likeness (QED) is 0.913. The number of fused-ring (bicyclic) bond motifs is 1. The average Bonchev–Trinajstić information content (AvgIpc) is 2.81. The second-order valence-electron chi connectivity index (χ2n) is 4.18. The molecule has 2 rings (SSSR count). The lowest BCUT2D eigenvalue weighted by Crippen LogP contribution is -2.38. The maximum atomic E-state index is 12.4. The maximum absolute atomic E-state index is 12.4. The second kappa shape index (κ2) is 4.95. The van der Waals surface area contributed by atoms with Crippen molar-refractivity contribution in [2.45, 2.75) is 13.1 Å². The topological polar surface area (TPSA) is 36.1 Å². The zero-order valence-electron chi connectivity index (χ0n) is 10.3. The standard InChI is InChI=1S/C13H13F3N2O/c1-2-18(8-13(14,15)16)12(19)10-5-3-4-9-6-7-17-11(9)10/h3-7,17H,2,8H2,1H3. The van der Waals surface area contributed by atoms with Gasteiger partial charge in [0.05, 0.1) is 11.1 Å². The van der Waals surface area contributed by atoms with Gasteiger partial charge in [0, 0.05) is 18.1 Å². The predicted molar refractivity (Wildman–Crippen MR) is 65.9 cm³/mol. The molecule has 0 unspecified atom stereocenters. The number of para-hydroxylation sites is 1. The molecule has 3 nitrogen and oxygen atoms in total. The van der Waals surface area contributed by atoms with Crippen LogP contribution in [0.1, 0.15) is 17.3 Å². The summed E-state index contributed by atoms with van der Waals surface area (Å²) >= 11 is 0. The van der Waals surface area contributed by atoms with Gasteiger partial charge in [0.1, 0.15) is 6.54 Å². The van der Waals surface area contributed by atoms with Gasteiger partial charge < -0.3 is 9.88 Å². The van der Waals surface area contributed by atoms with E-state index < -0.39 is 18.6 Å². The molecule has 6 heteroatoms. The van der Waals surface area contributed by atoms with E-state index in [9.17, 15) is 18.0 Å². The number of carbonyl (C=O) groups is 1. The normalized spacial score (nSPS) is 11.8. The van der Waals surface area contributed by atoms with Crippen LogP contribution in [0.25, 0.3) is 10.9 Å². The Hall–Kier alpha value is -1.98. The van der Waals surface area contributed by atoms with Gasteiger partial charge >= 0.3 is 6.18 Å². The van der Waals surface area contributed by atoms with Crippen molar-refractivity contribution in [3.05, 3.63) is 36.0 Å². The first kappa shape index (κ1) is 13.5. The zero-order valence-corrected chi connectivity index (χ0v) is 10.3. The third kappa shape index (κ3) is 2.89. The Morgan fingerprint density at radius 3 is 2.68 bits per heavy atom. The number of nitrogens with one attached hydrogen (secondary N) is 1. The van der Waals surface area contributed by atoms with Crippen LogP contribution in [0.5, 0.6) is 0 Å². The van der Waals surface area contributed by atoms with Gasteiger partial charge in [0.2, 0.25) is 0 Å². The van der Waals surface area contributed by atoms with Crippen molar-refractivity contribution >= 4 is 16.8 Å². The number of hydrogen-bond acceptors (Lipinski definition) is 1. The van der Waals surface area contributed by atoms with Crippen molar-refractivity contribution in [2.24, 2.45) is 0 Å². The van der Waals surface area contributed by atoms with Crippen molar-refractivity contribution < 1.29 is 18.0 Å². The molecule has 1 amide bonds. The zero-order chi connectivity index (χ0) is 14.0. The summed E-state index contributed by atoms with van der Waals surface area (Å²) in [5.74, 6) is -0.618. The Kier molecular flexibility index (Phi) is 3.50. The number of amides is 1. The van der Waals surface area contributed by atoms with Crippen LogP contribution in [-0.4, -0.2) is 35.1 Å². The van der Waals surface area contributed by atoms with Crippen LogP contribution < -0.4 is 0 Å². The molecular formula is C13H13F3N2O. The monoisotopic (exact) mass is 270 g/mol. The van der Waals surface area contributed by atoms with E-state index in [0.29, 0.717) is 5.52 Å². The maximum Gasteiger partial charge on any atom is 0.406 e. The molecule has 1 aromatic carbocycles. The van der Waals surface area contributed by atoms with Gasteiger partial charge in [0.15, 0.2) is 0 Å². The summed E-state index contributed by atoms with van der Waals surface area (Å²) in [6.45, 7) is 0.299. The Balaban J connectivity index is 2.34. The number of nitrogens with zero attached hydrogens (tertiary/aromatic N) is 1. The van der Waals surface area contributed by atoms with Crippen LogP contribution in [-0.2, 0) is 0 Å². The Labute approximate surface area is 108 Å². The minimum absolute atomic E-state index is 0.00936. The van der Waals surface area contributed by atoms with Crippen molar-refractivity contribution in [3.8, 4) is 0 Å². The van der Waals surface area contributed by atoms with E-state index in [4.69, 9.17) is 0 Å². The molecule has 0 radical (unpaired) electrons. The molecule has 0 saturated heterocycles. The van der Waals surface area contributed by atoms with Crippen molar-refractivity contribution in [1.29, 1.82) is 0 Å². The summed E-state index contributed by atoms with van der Waals surface area (Å²) in [4.78, 5) is 15.8. The molecule has 1 N–H and O–H groups in total. The highest BCUT2D eigenvalue weighted by Crippen LogP contribution is 2.21. The summed E-state index contributed by atoms with van der Waals surface area (Å²) in [7, 11) is 0. The second-order valence-corrected chi connectivity index (χ2v) is 4.18. The fraction of sp³-hybridized carbons (Fsp3) is 0.308. The highest BCUT2D eigenvalue weighted by atomic mass is 19.4. The third-order valence-electron chi connectivity index (χ3n) is 2.86. The van der Waals surface area contributed by atoms with E-state index >= 15 is 0 Å². The predicted octanol–water partition coefficient (Wildman–Crippen LogP) is 3.19. The number of aromatic nitrogens is 1. The summed E-state index contributed by atoms with van der Waals surface area (Å²) < 4.78 is 37.3. The molecule has 0 spiro atoms. The molecular weight excluding hydrogens is 257 g/mol. The first-order valence-electron chi connectivity index (χ1n) is 5.84. The van der Waals surface area contributed by atoms with Crippen LogP contribution in [0.4, 0.5) is 13.2 Å². The van der Waals surface area contributed by atoms with Crippen molar-refractivity contribution in [3.63, 3.8) is 0 Å². The van der Waals surface area contributed by atoms with Gasteiger partial charge in [-0.2, -0.15) is 13.2 Å². The number of hydrogen-bond donors (Lipinski definition) is 1. The smallest absolute Gasteiger partial charge is 0.361 e. The van der Waals surface area contributed by atoms with Crippen LogP contribution >= 0.6 is 0 Å². The van der Waals surface area contributed by atoms with E-state index in [2.05, 4.69) is 4.98 Å². The molecule has 2 aromatic rings. The molecule has 0 saturated carbocycles. The van der Waals surface area contributed by atoms with Gasteiger partial charge in [0.25, 0.3) is 5.91 Å². The molecule has 102 valence electrons. The van der Waals surface area contributed by atoms with E-state index in [-0.39, 0.29) is 12.1 Å². The first-order chi connectivity index (χ1) is 8.92. The van der Waals surface area contributed by atoms with Crippen molar-refractivity contribution in [1.82, 2.24) is 9.88 Å². The van der Waals surface area contributed by atoms with Gasteiger partial charge in [-0.05, 0) is 19.1 Å². The van der Waals surface area contributed by atoms with E-state index in [1.165, 1.54) is 13.0 Å². The average molecular weight is 270 g/mol. The number of rotatable bonds is 3. The van der Waals surface area contributed by atoms with Crippen LogP contribution in [0.2, 0.25) is 0 Å². The Morgan fingerprint density at radius 2 is 2.05 bits per heavy atom. The van der Waals surface area contributed by atoms with E-state index in [1.54, 1.807) is 24.4 Å². The highest BCUT2D eigenvalue weighted by molar-refractivity contribution is 6.05. The largest absolute Gasteiger partial charge is 0.406 e. The number of benzene rings is 1. The lowest BCUT2D eigenvalue weighted by atomic mass is 10.1. The molecule has 0 aliphatic carbocycles. The minimum Gasteiger partial charge on any atom is -0.361 e. The molecule has 0 fully saturated rings. The Morgan fingerprint density at radius 1 is 1.32 bits per heavy atom. The molecule has 0 aliphatic heterocycles. The van der Waals surface area contributed by atoms with Gasteiger partial charge in [-0.1, -0.05) is 12.1 Å². The third-order valence-corrected chi connectivity index (χ3v) is 2.86. The molecule has 0 bridgehead atoms. The van der Waals surface area contributed by atoms with Crippen LogP contribution in [0.15, 0.2) is 30.5 Å². The Bertz CT molecular complexity index is 589. The lowest BCUT2D eigenvalue weighted by Gasteiger charge is -2.22. The van der Waals surface area contributed by atoms with E-state index in [1.807, 2.05) is 0 Å². The summed E-state index contributed by atoms with van der Waals surface area (Å²) in [6, 6.07) is 6.75. The summed E-state index contributed by atoms with van der Waals surface area (Å²) in [5.41, 5.74) is 0.821. The number of aromatic amines is 1. The molecule has 0 aliphatic rings. The summed E-state index contributed by atoms with van der Waals surface area (Å²) in [6.07, 6.45) is -2.74. The van der Waals surface area contributed by atoms with Crippen molar-refractivity contribution in [2.75, 3.05) is 13.1 Å². The van der Waals surface area contributed by atoms with Gasteiger partial charge in [-0.15, -0.1) is 0 Å². The number of H-pyrrole nitrogens is 1. The first-order valence-corrected chi connectivity index (χ1v) is 5.84. The highest BCUT2D eigenvalue weighted by Gasteiger charge is 2.33. The molecule has 19 heavy (non-hydrogen) atoms. The minimum atomic E-state index is -4.39. The fourth-order valence-electron chi connectivity index (χ4n) is 1.98. The van der Waals surface area contributed by atoms with Gasteiger partial charge in [-0.25, -0.2) is 0 Å². The van der Waals surface area contributed by atoms with Crippen LogP contribution in [0, 0.1) is 0 Å². The van der Waals surface area contributed by atoms with Crippen LogP contribution in [0.3, 0.4) is 0 Å². The molecule has 0 atom stereocenters. The van der Waals surface area contributed by atoms with Gasteiger partial charge in [-0.3, -0.25) is 4.79 Å². The SMILES string of the molecule is CCN(CC(F)(F)F)C(=O)c1cccc2cc[nH]c12. The number of alkyl halides is 3. The number of halogens is 3. The molecule has 1 aromatic heterocycles. The van der Waals surface area contributed by atoms with E-state index in [0.717, 1.165) is 10.3 Å².